The Bertz CT molecular complexity index is 651. The number of pyridine rings is 1. The zero-order chi connectivity index (χ0) is 14.0. The van der Waals surface area contributed by atoms with Crippen molar-refractivity contribution in [2.24, 2.45) is 0 Å². The number of anilines is 1. The van der Waals surface area contributed by atoms with E-state index >= 15 is 0 Å². The molecular formula is C12H10BrN3O3. The highest BCUT2D eigenvalue weighted by Crippen LogP contribution is 2.19. The van der Waals surface area contributed by atoms with Crippen molar-refractivity contribution in [3.05, 3.63) is 46.0 Å². The van der Waals surface area contributed by atoms with Crippen LogP contribution in [0.1, 0.15) is 26.5 Å². The number of halogens is 1. The van der Waals surface area contributed by atoms with Crippen molar-refractivity contribution in [3.8, 4) is 0 Å². The van der Waals surface area contributed by atoms with Crippen molar-refractivity contribution in [1.82, 2.24) is 9.97 Å². The second-order valence-corrected chi connectivity index (χ2v) is 4.59. The number of nitrogens with zero attached hydrogens (tertiary/aromatic N) is 1. The van der Waals surface area contributed by atoms with Gasteiger partial charge in [0.05, 0.1) is 11.3 Å². The zero-order valence-electron chi connectivity index (χ0n) is 9.90. The van der Waals surface area contributed by atoms with Crippen LogP contribution in [0.3, 0.4) is 0 Å². The van der Waals surface area contributed by atoms with E-state index in [1.54, 1.807) is 31.3 Å². The second-order valence-electron chi connectivity index (χ2n) is 3.84. The van der Waals surface area contributed by atoms with E-state index in [0.717, 1.165) is 0 Å². The Kier molecular flexibility index (Phi) is 3.66. The lowest BCUT2D eigenvalue weighted by atomic mass is 10.2. The van der Waals surface area contributed by atoms with Crippen molar-refractivity contribution in [1.29, 1.82) is 0 Å². The van der Waals surface area contributed by atoms with Crippen molar-refractivity contribution < 1.29 is 14.7 Å². The minimum atomic E-state index is -1.13. The molecule has 6 nitrogen and oxygen atoms in total. The summed E-state index contributed by atoms with van der Waals surface area (Å²) in [5, 5.41) is 11.6. The summed E-state index contributed by atoms with van der Waals surface area (Å²) in [5.41, 5.74) is 1.16. The Morgan fingerprint density at radius 1 is 1.47 bits per heavy atom. The van der Waals surface area contributed by atoms with E-state index < -0.39 is 11.9 Å². The van der Waals surface area contributed by atoms with Crippen LogP contribution < -0.4 is 5.32 Å². The Morgan fingerprint density at radius 2 is 2.21 bits per heavy atom. The highest BCUT2D eigenvalue weighted by molar-refractivity contribution is 9.10. The third kappa shape index (κ3) is 2.82. The number of carboxylic acids is 1. The topological polar surface area (TPSA) is 95.1 Å². The predicted molar refractivity (Wildman–Crippen MR) is 72.4 cm³/mol. The number of aryl methyl sites for hydroxylation is 1. The van der Waals surface area contributed by atoms with Gasteiger partial charge in [-0.3, -0.25) is 4.79 Å². The third-order valence-corrected chi connectivity index (χ3v) is 3.05. The molecule has 7 heteroatoms. The van der Waals surface area contributed by atoms with Gasteiger partial charge in [0.2, 0.25) is 0 Å². The number of aromatic nitrogens is 2. The number of amides is 1. The van der Waals surface area contributed by atoms with Gasteiger partial charge in [-0.1, -0.05) is 0 Å². The molecule has 98 valence electrons. The minimum absolute atomic E-state index is 0.0501. The number of carboxylic acid groups (broad SMARTS) is 1. The summed E-state index contributed by atoms with van der Waals surface area (Å²) >= 11 is 3.17. The van der Waals surface area contributed by atoms with Crippen LogP contribution in [0.25, 0.3) is 0 Å². The highest BCUT2D eigenvalue weighted by atomic mass is 79.9. The Balaban J connectivity index is 2.29. The maximum atomic E-state index is 12.0. The fourth-order valence-electron chi connectivity index (χ4n) is 1.60. The molecule has 2 rings (SSSR count). The maximum absolute atomic E-state index is 12.0. The fourth-order valence-corrected chi connectivity index (χ4v) is 2.03. The van der Waals surface area contributed by atoms with Gasteiger partial charge in [-0.15, -0.1) is 0 Å². The monoisotopic (exact) mass is 323 g/mol. The molecule has 0 saturated carbocycles. The third-order valence-electron chi connectivity index (χ3n) is 2.42. The van der Waals surface area contributed by atoms with Gasteiger partial charge in [0.25, 0.3) is 5.91 Å². The van der Waals surface area contributed by atoms with Crippen LogP contribution in [0, 0.1) is 6.92 Å². The number of carbonyl (C=O) groups excluding carboxylic acids is 1. The number of nitrogens with one attached hydrogen (secondary N) is 2. The zero-order valence-corrected chi connectivity index (χ0v) is 11.5. The predicted octanol–water partition coefficient (Wildman–Crippen LogP) is 2.43. The molecule has 0 fully saturated rings. The van der Waals surface area contributed by atoms with E-state index in [4.69, 9.17) is 5.11 Å². The second kappa shape index (κ2) is 5.23. The first-order chi connectivity index (χ1) is 8.99. The van der Waals surface area contributed by atoms with Crippen LogP contribution in [0.5, 0.6) is 0 Å². The van der Waals surface area contributed by atoms with Crippen molar-refractivity contribution >= 4 is 33.5 Å². The molecule has 0 saturated heterocycles. The molecule has 19 heavy (non-hydrogen) atoms. The summed E-state index contributed by atoms with van der Waals surface area (Å²) in [5.74, 6) is -1.56. The number of hydrogen-bond acceptors (Lipinski definition) is 3. The van der Waals surface area contributed by atoms with Gasteiger partial charge in [0.1, 0.15) is 10.3 Å². The fraction of sp³-hybridized carbons (Fsp3) is 0.0833. The molecule has 3 N–H and O–H groups in total. The summed E-state index contributed by atoms with van der Waals surface area (Å²) in [7, 11) is 0. The average molecular weight is 324 g/mol. The summed E-state index contributed by atoms with van der Waals surface area (Å²) in [6.45, 7) is 1.71. The molecule has 0 aliphatic rings. The molecule has 0 aliphatic heterocycles. The number of aromatic amines is 1. The van der Waals surface area contributed by atoms with Gasteiger partial charge in [-0.25, -0.2) is 9.78 Å². The van der Waals surface area contributed by atoms with E-state index in [1.165, 1.54) is 0 Å². The van der Waals surface area contributed by atoms with Gasteiger partial charge in [-0.2, -0.15) is 0 Å². The van der Waals surface area contributed by atoms with Crippen LogP contribution in [0.2, 0.25) is 0 Å². The molecule has 2 aromatic rings. The van der Waals surface area contributed by atoms with Gasteiger partial charge >= 0.3 is 5.97 Å². The lowest BCUT2D eigenvalue weighted by Crippen LogP contribution is -2.15. The molecular weight excluding hydrogens is 314 g/mol. The van der Waals surface area contributed by atoms with Gasteiger partial charge < -0.3 is 15.4 Å². The number of aromatic carboxylic acids is 1. The van der Waals surface area contributed by atoms with Gasteiger partial charge in [0, 0.05) is 11.9 Å². The summed E-state index contributed by atoms with van der Waals surface area (Å²) in [4.78, 5) is 29.7. The first-order valence-corrected chi connectivity index (χ1v) is 6.13. The Morgan fingerprint density at radius 3 is 2.84 bits per heavy atom. The van der Waals surface area contributed by atoms with E-state index in [0.29, 0.717) is 15.9 Å². The minimum Gasteiger partial charge on any atom is -0.477 e. The number of carbonyl (C=O) groups is 2. The van der Waals surface area contributed by atoms with E-state index in [2.05, 4.69) is 31.2 Å². The van der Waals surface area contributed by atoms with Crippen LogP contribution in [-0.2, 0) is 0 Å². The molecule has 2 heterocycles. The molecule has 0 aliphatic carbocycles. The molecule has 2 aromatic heterocycles. The van der Waals surface area contributed by atoms with Crippen LogP contribution in [0.4, 0.5) is 5.69 Å². The van der Waals surface area contributed by atoms with Crippen LogP contribution >= 0.6 is 15.9 Å². The normalized spacial score (nSPS) is 10.2. The lowest BCUT2D eigenvalue weighted by molar-refractivity contribution is 0.0692. The highest BCUT2D eigenvalue weighted by Gasteiger charge is 2.17. The number of H-pyrrole nitrogens is 1. The van der Waals surface area contributed by atoms with Crippen molar-refractivity contribution in [3.63, 3.8) is 0 Å². The van der Waals surface area contributed by atoms with Crippen LogP contribution in [-0.4, -0.2) is 27.0 Å². The Labute approximate surface area is 117 Å². The standard InChI is InChI=1S/C12H10BrN3O3/c1-6-5-8(9(15-6)12(18)19)16-11(17)7-3-2-4-14-10(7)13/h2-5,15H,1H3,(H,16,17)(H,18,19). The van der Waals surface area contributed by atoms with Gasteiger partial charge in [-0.05, 0) is 41.1 Å². The van der Waals surface area contributed by atoms with E-state index in [9.17, 15) is 9.59 Å². The Hall–Kier alpha value is -2.15. The first kappa shape index (κ1) is 13.3. The average Bonchev–Trinajstić information content (AvgIpc) is 2.70. The summed E-state index contributed by atoms with van der Waals surface area (Å²) in [6.07, 6.45) is 1.55. The summed E-state index contributed by atoms with van der Waals surface area (Å²) in [6, 6.07) is 4.78. The molecule has 1 amide bonds. The lowest BCUT2D eigenvalue weighted by Gasteiger charge is -2.05. The van der Waals surface area contributed by atoms with Crippen molar-refractivity contribution in [2.45, 2.75) is 6.92 Å². The SMILES string of the molecule is Cc1cc(NC(=O)c2cccnc2Br)c(C(=O)O)[nH]1. The van der Waals surface area contributed by atoms with E-state index in [1.807, 2.05) is 0 Å². The van der Waals surface area contributed by atoms with E-state index in [-0.39, 0.29) is 11.4 Å². The summed E-state index contributed by atoms with van der Waals surface area (Å²) < 4.78 is 0.400. The molecule has 0 bridgehead atoms. The van der Waals surface area contributed by atoms with Crippen molar-refractivity contribution in [2.75, 3.05) is 5.32 Å². The number of hydrogen-bond donors (Lipinski definition) is 3. The molecule has 0 spiro atoms. The van der Waals surface area contributed by atoms with Crippen LogP contribution in [0.15, 0.2) is 29.0 Å². The first-order valence-electron chi connectivity index (χ1n) is 5.34. The van der Waals surface area contributed by atoms with Gasteiger partial charge in [0.15, 0.2) is 0 Å². The quantitative estimate of drug-likeness (QED) is 0.756. The molecule has 0 aromatic carbocycles. The maximum Gasteiger partial charge on any atom is 0.354 e. The molecule has 0 unspecified atom stereocenters. The molecule has 0 atom stereocenters. The largest absolute Gasteiger partial charge is 0.477 e. The molecule has 0 radical (unpaired) electrons. The smallest absolute Gasteiger partial charge is 0.354 e. The number of rotatable bonds is 3.